The van der Waals surface area contributed by atoms with Gasteiger partial charge in [-0.3, -0.25) is 0 Å². The molecule has 0 N–H and O–H groups in total. The Labute approximate surface area is 116 Å². The molecule has 0 saturated carbocycles. The van der Waals surface area contributed by atoms with Crippen LogP contribution in [-0.4, -0.2) is 26.3 Å². The van der Waals surface area contributed by atoms with Crippen LogP contribution in [0.2, 0.25) is 0 Å². The summed E-state index contributed by atoms with van der Waals surface area (Å²) < 4.78 is 39.8. The van der Waals surface area contributed by atoms with Gasteiger partial charge in [-0.25, -0.2) is 17.1 Å². The van der Waals surface area contributed by atoms with Crippen molar-refractivity contribution >= 4 is 26.0 Å². The molecule has 18 heavy (non-hydrogen) atoms. The summed E-state index contributed by atoms with van der Waals surface area (Å²) in [5, 5.41) is 0. The molecular weight excluding hydrogens is 321 g/mol. The summed E-state index contributed by atoms with van der Waals surface area (Å²) in [7, 11) is -2.28. The van der Waals surface area contributed by atoms with Gasteiger partial charge in [0.05, 0.1) is 0 Å². The number of halogens is 2. The molecule has 0 aliphatic carbocycles. The molecule has 0 amide bonds. The Kier molecular flexibility index (Phi) is 5.31. The molecule has 0 radical (unpaired) electrons. The van der Waals surface area contributed by atoms with Gasteiger partial charge in [-0.2, -0.15) is 0 Å². The molecule has 1 aromatic carbocycles. The Morgan fingerprint density at radius 3 is 2.56 bits per heavy atom. The van der Waals surface area contributed by atoms with Crippen molar-refractivity contribution in [1.29, 1.82) is 0 Å². The van der Waals surface area contributed by atoms with Crippen LogP contribution in [0.1, 0.15) is 20.3 Å². The average molecular weight is 338 g/mol. The standard InChI is InChI=1S/C12H17BrFNO2S/c1-4-9(2)8-15(3)18(16,17)12-6-5-10(13)7-11(12)14/h5-7,9H,4,8H2,1-3H3. The van der Waals surface area contributed by atoms with Crippen LogP contribution in [0.3, 0.4) is 0 Å². The summed E-state index contributed by atoms with van der Waals surface area (Å²) in [5.74, 6) is -0.497. The van der Waals surface area contributed by atoms with E-state index in [0.29, 0.717) is 11.0 Å². The van der Waals surface area contributed by atoms with Gasteiger partial charge in [0.25, 0.3) is 0 Å². The fourth-order valence-electron chi connectivity index (χ4n) is 1.52. The summed E-state index contributed by atoms with van der Waals surface area (Å²) in [4.78, 5) is -0.281. The number of nitrogens with zero attached hydrogens (tertiary/aromatic N) is 1. The maximum absolute atomic E-state index is 13.7. The number of hydrogen-bond donors (Lipinski definition) is 0. The van der Waals surface area contributed by atoms with E-state index < -0.39 is 15.8 Å². The van der Waals surface area contributed by atoms with E-state index >= 15 is 0 Å². The highest BCUT2D eigenvalue weighted by molar-refractivity contribution is 9.10. The minimum Gasteiger partial charge on any atom is -0.207 e. The van der Waals surface area contributed by atoms with Crippen LogP contribution in [0, 0.1) is 11.7 Å². The molecule has 0 fully saturated rings. The third-order valence-corrected chi connectivity index (χ3v) is 5.20. The molecule has 1 unspecified atom stereocenters. The number of rotatable bonds is 5. The number of benzene rings is 1. The topological polar surface area (TPSA) is 37.4 Å². The van der Waals surface area contributed by atoms with E-state index in [1.165, 1.54) is 23.5 Å². The normalized spacial score (nSPS) is 13.9. The SMILES string of the molecule is CCC(C)CN(C)S(=O)(=O)c1ccc(Br)cc1F. The van der Waals surface area contributed by atoms with E-state index in [2.05, 4.69) is 15.9 Å². The largest absolute Gasteiger partial charge is 0.245 e. The van der Waals surface area contributed by atoms with E-state index in [-0.39, 0.29) is 10.8 Å². The fraction of sp³-hybridized carbons (Fsp3) is 0.500. The zero-order valence-electron chi connectivity index (χ0n) is 10.7. The summed E-state index contributed by atoms with van der Waals surface area (Å²) in [5.41, 5.74) is 0. The van der Waals surface area contributed by atoms with Crippen molar-refractivity contribution in [2.75, 3.05) is 13.6 Å². The van der Waals surface area contributed by atoms with Gasteiger partial charge in [0.2, 0.25) is 10.0 Å². The van der Waals surface area contributed by atoms with Crippen LogP contribution in [0.25, 0.3) is 0 Å². The van der Waals surface area contributed by atoms with E-state index in [4.69, 9.17) is 0 Å². The van der Waals surface area contributed by atoms with Crippen LogP contribution in [-0.2, 0) is 10.0 Å². The molecule has 0 aliphatic rings. The highest BCUT2D eigenvalue weighted by Gasteiger charge is 2.25. The maximum Gasteiger partial charge on any atom is 0.245 e. The first kappa shape index (κ1) is 15.6. The van der Waals surface area contributed by atoms with Crippen molar-refractivity contribution in [3.8, 4) is 0 Å². The van der Waals surface area contributed by atoms with Gasteiger partial charge in [-0.05, 0) is 24.1 Å². The molecule has 0 aromatic heterocycles. The van der Waals surface area contributed by atoms with Gasteiger partial charge in [-0.15, -0.1) is 0 Å². The van der Waals surface area contributed by atoms with Crippen molar-refractivity contribution in [3.63, 3.8) is 0 Å². The summed E-state index contributed by atoms with van der Waals surface area (Å²) in [6, 6.07) is 3.96. The van der Waals surface area contributed by atoms with Crippen molar-refractivity contribution in [3.05, 3.63) is 28.5 Å². The summed E-state index contributed by atoms with van der Waals surface area (Å²) >= 11 is 3.10. The number of sulfonamides is 1. The second kappa shape index (κ2) is 6.12. The van der Waals surface area contributed by atoms with Gasteiger partial charge in [-0.1, -0.05) is 36.2 Å². The van der Waals surface area contributed by atoms with Gasteiger partial charge >= 0.3 is 0 Å². The second-order valence-corrected chi connectivity index (χ2v) is 7.30. The van der Waals surface area contributed by atoms with E-state index in [9.17, 15) is 12.8 Å². The first-order valence-corrected chi connectivity index (χ1v) is 7.93. The molecule has 1 aromatic rings. The van der Waals surface area contributed by atoms with Crippen molar-refractivity contribution in [1.82, 2.24) is 4.31 Å². The van der Waals surface area contributed by atoms with Gasteiger partial charge in [0, 0.05) is 18.1 Å². The Bertz CT molecular complexity index is 519. The zero-order valence-corrected chi connectivity index (χ0v) is 13.1. The molecule has 3 nitrogen and oxygen atoms in total. The molecular formula is C12H17BrFNO2S. The molecule has 102 valence electrons. The predicted octanol–water partition coefficient (Wildman–Crippen LogP) is 3.25. The Hall–Kier alpha value is -0.460. The maximum atomic E-state index is 13.7. The van der Waals surface area contributed by atoms with E-state index in [1.807, 2.05) is 13.8 Å². The fourth-order valence-corrected chi connectivity index (χ4v) is 3.18. The van der Waals surface area contributed by atoms with E-state index in [1.54, 1.807) is 0 Å². The van der Waals surface area contributed by atoms with Gasteiger partial charge < -0.3 is 0 Å². The lowest BCUT2D eigenvalue weighted by Crippen LogP contribution is -2.31. The average Bonchev–Trinajstić information content (AvgIpc) is 2.28. The van der Waals surface area contributed by atoms with E-state index in [0.717, 1.165) is 12.5 Å². The third kappa shape index (κ3) is 3.52. The first-order valence-electron chi connectivity index (χ1n) is 5.70. The third-order valence-electron chi connectivity index (χ3n) is 2.85. The van der Waals surface area contributed by atoms with Crippen LogP contribution in [0.15, 0.2) is 27.6 Å². The Balaban J connectivity index is 3.06. The van der Waals surface area contributed by atoms with Crippen LogP contribution < -0.4 is 0 Å². The molecule has 6 heteroatoms. The smallest absolute Gasteiger partial charge is 0.207 e. The molecule has 0 spiro atoms. The van der Waals surface area contributed by atoms with Crippen LogP contribution in [0.4, 0.5) is 4.39 Å². The molecule has 0 aliphatic heterocycles. The molecule has 1 atom stereocenters. The molecule has 0 heterocycles. The van der Waals surface area contributed by atoms with Crippen LogP contribution >= 0.6 is 15.9 Å². The highest BCUT2D eigenvalue weighted by Crippen LogP contribution is 2.22. The van der Waals surface area contributed by atoms with Crippen LogP contribution in [0.5, 0.6) is 0 Å². The minimum absolute atomic E-state index is 0.239. The Morgan fingerprint density at radius 1 is 1.44 bits per heavy atom. The van der Waals surface area contributed by atoms with Crippen molar-refractivity contribution < 1.29 is 12.8 Å². The van der Waals surface area contributed by atoms with Crippen molar-refractivity contribution in [2.24, 2.45) is 5.92 Å². The quantitative estimate of drug-likeness (QED) is 0.826. The molecule has 0 bridgehead atoms. The van der Waals surface area contributed by atoms with Gasteiger partial charge in [0.1, 0.15) is 10.7 Å². The van der Waals surface area contributed by atoms with Crippen molar-refractivity contribution in [2.45, 2.75) is 25.2 Å². The number of hydrogen-bond acceptors (Lipinski definition) is 2. The lowest BCUT2D eigenvalue weighted by Gasteiger charge is -2.20. The zero-order chi connectivity index (χ0) is 13.9. The lowest BCUT2D eigenvalue weighted by molar-refractivity contribution is 0.391. The summed E-state index contributed by atoms with van der Waals surface area (Å²) in [6.07, 6.45) is 0.878. The first-order chi connectivity index (χ1) is 8.28. The summed E-state index contributed by atoms with van der Waals surface area (Å²) in [6.45, 7) is 4.34. The molecule has 0 saturated heterocycles. The second-order valence-electron chi connectivity index (χ2n) is 4.37. The van der Waals surface area contributed by atoms with Gasteiger partial charge in [0.15, 0.2) is 0 Å². The monoisotopic (exact) mass is 337 g/mol. The lowest BCUT2D eigenvalue weighted by atomic mass is 10.1. The Morgan fingerprint density at radius 2 is 2.06 bits per heavy atom. The minimum atomic E-state index is -3.75. The highest BCUT2D eigenvalue weighted by atomic mass is 79.9. The predicted molar refractivity (Wildman–Crippen MR) is 73.4 cm³/mol. The molecule has 1 rings (SSSR count).